The molecule has 0 radical (unpaired) electrons. The normalized spacial score (nSPS) is 25.1. The Bertz CT molecular complexity index is 382. The van der Waals surface area contributed by atoms with Crippen LogP contribution in [-0.2, 0) is 14.8 Å². The number of nitrogens with zero attached hydrogens (tertiary/aromatic N) is 1. The predicted molar refractivity (Wildman–Crippen MR) is 63.6 cm³/mol. The number of hydrogen-bond acceptors (Lipinski definition) is 4. The number of likely N-dealkylation sites (tertiary alicyclic amines) is 1. The van der Waals surface area contributed by atoms with Gasteiger partial charge in [-0.1, -0.05) is 20.3 Å². The summed E-state index contributed by atoms with van der Waals surface area (Å²) < 4.78 is 22.4. The third kappa shape index (κ3) is 3.17. The number of carbonyl (C=O) groups excluding carboxylic acids is 1. The summed E-state index contributed by atoms with van der Waals surface area (Å²) in [7, 11) is -3.69. The minimum atomic E-state index is -3.69. The Labute approximate surface area is 102 Å². The van der Waals surface area contributed by atoms with Crippen LogP contribution in [-0.4, -0.2) is 48.8 Å². The third-order valence-electron chi connectivity index (χ3n) is 3.48. The van der Waals surface area contributed by atoms with Crippen molar-refractivity contribution in [1.29, 1.82) is 0 Å². The van der Waals surface area contributed by atoms with Crippen molar-refractivity contribution in [3.63, 3.8) is 0 Å². The molecule has 1 aliphatic heterocycles. The highest BCUT2D eigenvalue weighted by Gasteiger charge is 2.40. The van der Waals surface area contributed by atoms with Crippen LogP contribution in [0.3, 0.4) is 0 Å². The van der Waals surface area contributed by atoms with Crippen LogP contribution in [0.1, 0.15) is 26.7 Å². The number of primary sulfonamides is 1. The van der Waals surface area contributed by atoms with Crippen LogP contribution in [0.2, 0.25) is 0 Å². The van der Waals surface area contributed by atoms with Gasteiger partial charge in [0.15, 0.2) is 0 Å². The molecular formula is C10H20N2O4S. The van der Waals surface area contributed by atoms with Crippen molar-refractivity contribution in [3.05, 3.63) is 0 Å². The second-order valence-electron chi connectivity index (χ2n) is 4.60. The molecular weight excluding hydrogens is 244 g/mol. The van der Waals surface area contributed by atoms with E-state index in [1.54, 1.807) is 0 Å². The number of rotatable bonds is 5. The molecule has 1 fully saturated rings. The number of carbonyl (C=O) groups is 1. The molecule has 17 heavy (non-hydrogen) atoms. The fourth-order valence-corrected chi connectivity index (χ4v) is 2.84. The summed E-state index contributed by atoms with van der Waals surface area (Å²) >= 11 is 0. The summed E-state index contributed by atoms with van der Waals surface area (Å²) in [5.74, 6) is -0.119. The van der Waals surface area contributed by atoms with Crippen LogP contribution >= 0.6 is 0 Å². The van der Waals surface area contributed by atoms with Crippen molar-refractivity contribution >= 4 is 15.9 Å². The van der Waals surface area contributed by atoms with Gasteiger partial charge in [0, 0.05) is 13.0 Å². The van der Waals surface area contributed by atoms with Gasteiger partial charge in [0.25, 0.3) is 0 Å². The van der Waals surface area contributed by atoms with Crippen LogP contribution < -0.4 is 5.14 Å². The van der Waals surface area contributed by atoms with Crippen LogP contribution in [0.25, 0.3) is 0 Å². The highest BCUT2D eigenvalue weighted by molar-refractivity contribution is 7.89. The highest BCUT2D eigenvalue weighted by Crippen LogP contribution is 2.23. The first-order valence-electron chi connectivity index (χ1n) is 5.73. The first kappa shape index (κ1) is 14.4. The fraction of sp³-hybridized carbons (Fsp3) is 0.900. The Morgan fingerprint density at radius 3 is 2.53 bits per heavy atom. The van der Waals surface area contributed by atoms with Crippen molar-refractivity contribution < 1.29 is 18.3 Å². The molecule has 1 saturated heterocycles. The molecule has 7 heteroatoms. The quantitative estimate of drug-likeness (QED) is 0.684. The van der Waals surface area contributed by atoms with Gasteiger partial charge in [-0.3, -0.25) is 4.79 Å². The van der Waals surface area contributed by atoms with E-state index < -0.39 is 15.3 Å². The standard InChI is InChI=1S/C10H20N2O4S/c1-3-7(2)9(6-13)12-5-8(4-10(12)14)17(11,15)16/h7-9,13H,3-6H2,1-2H3,(H2,11,15,16)/t7-,8?,9+/m0/s1. The number of amides is 1. The number of aliphatic hydroxyl groups is 1. The monoisotopic (exact) mass is 264 g/mol. The largest absolute Gasteiger partial charge is 0.394 e. The van der Waals surface area contributed by atoms with Crippen molar-refractivity contribution in [2.75, 3.05) is 13.2 Å². The van der Waals surface area contributed by atoms with Crippen LogP contribution in [0.5, 0.6) is 0 Å². The fourth-order valence-electron chi connectivity index (χ4n) is 2.10. The second kappa shape index (κ2) is 5.32. The molecule has 6 nitrogen and oxygen atoms in total. The zero-order valence-corrected chi connectivity index (χ0v) is 11.0. The maximum Gasteiger partial charge on any atom is 0.224 e. The highest BCUT2D eigenvalue weighted by atomic mass is 32.2. The maximum absolute atomic E-state index is 11.7. The Morgan fingerprint density at radius 1 is 1.59 bits per heavy atom. The lowest BCUT2D eigenvalue weighted by molar-refractivity contribution is -0.131. The molecule has 0 aromatic heterocycles. The third-order valence-corrected chi connectivity index (χ3v) is 4.72. The van der Waals surface area contributed by atoms with E-state index in [4.69, 9.17) is 5.14 Å². The number of nitrogens with two attached hydrogens (primary N) is 1. The SMILES string of the molecule is CC[C@H](C)[C@@H](CO)N1CC(S(N)(=O)=O)CC1=O. The molecule has 3 atom stereocenters. The predicted octanol–water partition coefficient (Wildman–Crippen LogP) is -0.717. The lowest BCUT2D eigenvalue weighted by atomic mass is 9.99. The molecule has 0 aliphatic carbocycles. The number of aliphatic hydroxyl groups excluding tert-OH is 1. The van der Waals surface area contributed by atoms with Gasteiger partial charge in [0.05, 0.1) is 12.6 Å². The smallest absolute Gasteiger partial charge is 0.224 e. The van der Waals surface area contributed by atoms with Crippen molar-refractivity contribution in [2.45, 2.75) is 38.0 Å². The van der Waals surface area contributed by atoms with E-state index in [2.05, 4.69) is 0 Å². The lowest BCUT2D eigenvalue weighted by Gasteiger charge is -2.30. The van der Waals surface area contributed by atoms with Gasteiger partial charge < -0.3 is 10.0 Å². The second-order valence-corrected chi connectivity index (χ2v) is 6.44. The van der Waals surface area contributed by atoms with E-state index in [0.717, 1.165) is 6.42 Å². The Kier molecular flexibility index (Phi) is 4.51. The van der Waals surface area contributed by atoms with E-state index in [-0.39, 0.29) is 37.4 Å². The van der Waals surface area contributed by atoms with Crippen molar-refractivity contribution in [2.24, 2.45) is 11.1 Å². The average Bonchev–Trinajstić information content (AvgIpc) is 2.61. The summed E-state index contributed by atoms with van der Waals surface area (Å²) in [5, 5.41) is 13.5. The van der Waals surface area contributed by atoms with E-state index in [1.807, 2.05) is 13.8 Å². The summed E-state index contributed by atoms with van der Waals surface area (Å²) in [6.07, 6.45) is 0.737. The molecule has 1 aliphatic rings. The topological polar surface area (TPSA) is 101 Å². The van der Waals surface area contributed by atoms with Crippen molar-refractivity contribution in [1.82, 2.24) is 4.90 Å². The van der Waals surface area contributed by atoms with Crippen LogP contribution in [0, 0.1) is 5.92 Å². The summed E-state index contributed by atoms with van der Waals surface area (Å²) in [6.45, 7) is 3.83. The molecule has 0 saturated carbocycles. The molecule has 1 rings (SSSR count). The van der Waals surface area contributed by atoms with E-state index in [0.29, 0.717) is 0 Å². The molecule has 3 N–H and O–H groups in total. The molecule has 0 spiro atoms. The summed E-state index contributed by atoms with van der Waals surface area (Å²) in [4.78, 5) is 13.2. The lowest BCUT2D eigenvalue weighted by Crippen LogP contribution is -2.44. The van der Waals surface area contributed by atoms with Gasteiger partial charge in [-0.15, -0.1) is 0 Å². The van der Waals surface area contributed by atoms with Crippen molar-refractivity contribution in [3.8, 4) is 0 Å². The molecule has 1 amide bonds. The Morgan fingerprint density at radius 2 is 2.18 bits per heavy atom. The Balaban J connectivity index is 2.83. The van der Waals surface area contributed by atoms with Gasteiger partial charge in [-0.25, -0.2) is 13.6 Å². The first-order valence-corrected chi connectivity index (χ1v) is 7.34. The molecule has 0 aromatic carbocycles. The van der Waals surface area contributed by atoms with Gasteiger partial charge in [-0.2, -0.15) is 0 Å². The summed E-state index contributed by atoms with van der Waals surface area (Å²) in [5.41, 5.74) is 0. The molecule has 100 valence electrons. The van der Waals surface area contributed by atoms with Crippen LogP contribution in [0.4, 0.5) is 0 Å². The van der Waals surface area contributed by atoms with E-state index in [9.17, 15) is 18.3 Å². The number of sulfonamides is 1. The number of hydrogen-bond donors (Lipinski definition) is 2. The van der Waals surface area contributed by atoms with Gasteiger partial charge in [0.2, 0.25) is 15.9 Å². The van der Waals surface area contributed by atoms with Gasteiger partial charge in [-0.05, 0) is 5.92 Å². The molecule has 1 heterocycles. The molecule has 0 bridgehead atoms. The van der Waals surface area contributed by atoms with Gasteiger partial charge in [0.1, 0.15) is 5.25 Å². The minimum absolute atomic E-state index is 0.0776. The minimum Gasteiger partial charge on any atom is -0.394 e. The molecule has 0 aromatic rings. The van der Waals surface area contributed by atoms with E-state index >= 15 is 0 Å². The zero-order valence-electron chi connectivity index (χ0n) is 10.2. The Hall–Kier alpha value is -0.660. The average molecular weight is 264 g/mol. The maximum atomic E-state index is 11.7. The summed E-state index contributed by atoms with van der Waals surface area (Å²) in [6, 6.07) is -0.320. The zero-order chi connectivity index (χ0) is 13.2. The first-order chi connectivity index (χ1) is 7.81. The van der Waals surface area contributed by atoms with E-state index in [1.165, 1.54) is 4.90 Å². The molecule has 1 unspecified atom stereocenters. The van der Waals surface area contributed by atoms with Crippen LogP contribution in [0.15, 0.2) is 0 Å². The van der Waals surface area contributed by atoms with Gasteiger partial charge >= 0.3 is 0 Å².